The maximum Gasteiger partial charge on any atom is 0.277 e. The van der Waals surface area contributed by atoms with Crippen molar-refractivity contribution in [2.75, 3.05) is 13.1 Å². The molecule has 2 rings (SSSR count). The molecule has 124 valence electrons. The van der Waals surface area contributed by atoms with Crippen molar-refractivity contribution < 1.29 is 18.0 Å². The minimum atomic E-state index is -3.13. The number of benzene rings is 1. The molecule has 0 saturated heterocycles. The van der Waals surface area contributed by atoms with Crippen LogP contribution in [0.2, 0.25) is 0 Å². The van der Waals surface area contributed by atoms with Crippen LogP contribution in [-0.2, 0) is 10.2 Å². The zero-order chi connectivity index (χ0) is 15.5. The van der Waals surface area contributed by atoms with Crippen LogP contribution in [0.5, 0.6) is 0 Å². The minimum absolute atomic E-state index is 0. The van der Waals surface area contributed by atoms with Gasteiger partial charge in [-0.15, -0.1) is 12.4 Å². The molecule has 1 aromatic rings. The molecule has 0 spiro atoms. The highest BCUT2D eigenvalue weighted by molar-refractivity contribution is 5.88. The second kappa shape index (κ2) is 7.33. The Morgan fingerprint density at radius 2 is 1.95 bits per heavy atom. The molecule has 0 radical (unpaired) electrons. The first kappa shape index (κ1) is 18.8. The summed E-state index contributed by atoms with van der Waals surface area (Å²) in [4.78, 5) is 12.4. The van der Waals surface area contributed by atoms with Crippen molar-refractivity contribution in [1.82, 2.24) is 5.32 Å². The van der Waals surface area contributed by atoms with Gasteiger partial charge in [0.25, 0.3) is 5.92 Å². The zero-order valence-electron chi connectivity index (χ0n) is 12.1. The van der Waals surface area contributed by atoms with Gasteiger partial charge in [0.2, 0.25) is 5.91 Å². The monoisotopic (exact) mass is 336 g/mol. The standard InChI is InChI=1S/C15H19F3N2O.ClH/c16-12-5-3-4-11(8-12)14(6-1-2-7-14)13(21)20-10-15(17,18)9-19;/h3-5,8H,1-2,6-7,9-10,19H2,(H,20,21);1H. The predicted octanol–water partition coefficient (Wildman–Crippen LogP) is 2.77. The van der Waals surface area contributed by atoms with E-state index in [0.29, 0.717) is 18.4 Å². The van der Waals surface area contributed by atoms with E-state index in [4.69, 9.17) is 5.73 Å². The first-order valence-corrected chi connectivity index (χ1v) is 7.02. The van der Waals surface area contributed by atoms with Crippen LogP contribution in [-0.4, -0.2) is 24.9 Å². The van der Waals surface area contributed by atoms with Gasteiger partial charge in [0.15, 0.2) is 0 Å². The van der Waals surface area contributed by atoms with E-state index in [1.165, 1.54) is 18.2 Å². The SMILES string of the molecule is Cl.NCC(F)(F)CNC(=O)C1(c2cccc(F)c2)CCCC1. The summed E-state index contributed by atoms with van der Waals surface area (Å²) < 4.78 is 39.8. The molecule has 1 saturated carbocycles. The molecular weight excluding hydrogens is 317 g/mol. The lowest BCUT2D eigenvalue weighted by molar-refractivity contribution is -0.128. The number of alkyl halides is 2. The van der Waals surface area contributed by atoms with E-state index >= 15 is 0 Å². The lowest BCUT2D eigenvalue weighted by Crippen LogP contribution is -2.48. The quantitative estimate of drug-likeness (QED) is 0.868. The molecule has 22 heavy (non-hydrogen) atoms. The van der Waals surface area contributed by atoms with Crippen molar-refractivity contribution in [3.05, 3.63) is 35.6 Å². The van der Waals surface area contributed by atoms with Crippen molar-refractivity contribution in [1.29, 1.82) is 0 Å². The van der Waals surface area contributed by atoms with Crippen LogP contribution in [0.15, 0.2) is 24.3 Å². The van der Waals surface area contributed by atoms with Gasteiger partial charge in [0, 0.05) is 0 Å². The Kier molecular flexibility index (Phi) is 6.26. The number of halogens is 4. The van der Waals surface area contributed by atoms with Gasteiger partial charge >= 0.3 is 0 Å². The summed E-state index contributed by atoms with van der Waals surface area (Å²) >= 11 is 0. The van der Waals surface area contributed by atoms with Gasteiger partial charge in [-0.05, 0) is 30.5 Å². The summed E-state index contributed by atoms with van der Waals surface area (Å²) in [6.45, 7) is -1.61. The zero-order valence-corrected chi connectivity index (χ0v) is 12.9. The van der Waals surface area contributed by atoms with E-state index in [1.54, 1.807) is 6.07 Å². The fourth-order valence-electron chi connectivity index (χ4n) is 2.86. The van der Waals surface area contributed by atoms with Crippen LogP contribution in [0.1, 0.15) is 31.2 Å². The molecule has 7 heteroatoms. The van der Waals surface area contributed by atoms with Gasteiger partial charge in [0.05, 0.1) is 18.5 Å². The van der Waals surface area contributed by atoms with E-state index in [1.807, 2.05) is 0 Å². The van der Waals surface area contributed by atoms with Gasteiger partial charge in [0.1, 0.15) is 5.82 Å². The first-order valence-electron chi connectivity index (χ1n) is 7.02. The lowest BCUT2D eigenvalue weighted by Gasteiger charge is -2.29. The molecule has 1 aliphatic rings. The van der Waals surface area contributed by atoms with Crippen molar-refractivity contribution in [3.8, 4) is 0 Å². The summed E-state index contributed by atoms with van der Waals surface area (Å²) in [7, 11) is 0. The predicted molar refractivity (Wildman–Crippen MR) is 80.8 cm³/mol. The van der Waals surface area contributed by atoms with Gasteiger partial charge in [-0.1, -0.05) is 25.0 Å². The first-order chi connectivity index (χ1) is 9.89. The topological polar surface area (TPSA) is 55.1 Å². The summed E-state index contributed by atoms with van der Waals surface area (Å²) in [5.41, 5.74) is 4.60. The van der Waals surface area contributed by atoms with Crippen molar-refractivity contribution in [3.63, 3.8) is 0 Å². The van der Waals surface area contributed by atoms with E-state index in [0.717, 1.165) is 12.8 Å². The van der Waals surface area contributed by atoms with Gasteiger partial charge in [-0.2, -0.15) is 0 Å². The molecule has 1 aromatic carbocycles. The van der Waals surface area contributed by atoms with Crippen molar-refractivity contribution in [2.24, 2.45) is 5.73 Å². The van der Waals surface area contributed by atoms with Gasteiger partial charge in [-0.3, -0.25) is 4.79 Å². The molecule has 0 unspecified atom stereocenters. The normalized spacial score (nSPS) is 16.9. The number of nitrogens with two attached hydrogens (primary N) is 1. The van der Waals surface area contributed by atoms with Crippen molar-refractivity contribution >= 4 is 18.3 Å². The number of hydrogen-bond acceptors (Lipinski definition) is 2. The molecule has 0 aliphatic heterocycles. The third-order valence-electron chi connectivity index (χ3n) is 4.08. The van der Waals surface area contributed by atoms with E-state index in [9.17, 15) is 18.0 Å². The second-order valence-electron chi connectivity index (χ2n) is 5.54. The molecule has 1 amide bonds. The van der Waals surface area contributed by atoms with Gasteiger partial charge in [-0.25, -0.2) is 13.2 Å². The number of nitrogens with one attached hydrogen (secondary N) is 1. The van der Waals surface area contributed by atoms with E-state index in [-0.39, 0.29) is 12.4 Å². The van der Waals surface area contributed by atoms with E-state index < -0.39 is 36.2 Å². The summed E-state index contributed by atoms with van der Waals surface area (Å²) in [5.74, 6) is -4.03. The van der Waals surface area contributed by atoms with Gasteiger partial charge < -0.3 is 11.1 Å². The molecule has 3 N–H and O–H groups in total. The third kappa shape index (κ3) is 3.93. The molecule has 0 aromatic heterocycles. The fourth-order valence-corrected chi connectivity index (χ4v) is 2.86. The average Bonchev–Trinajstić information content (AvgIpc) is 2.96. The number of rotatable bonds is 5. The van der Waals surface area contributed by atoms with Crippen LogP contribution in [0.25, 0.3) is 0 Å². The number of hydrogen-bond donors (Lipinski definition) is 2. The Labute approximate surface area is 133 Å². The fraction of sp³-hybridized carbons (Fsp3) is 0.533. The Morgan fingerprint density at radius 1 is 1.32 bits per heavy atom. The maximum absolute atomic E-state index is 13.4. The van der Waals surface area contributed by atoms with E-state index in [2.05, 4.69) is 5.32 Å². The van der Waals surface area contributed by atoms with Crippen molar-refractivity contribution in [2.45, 2.75) is 37.0 Å². The summed E-state index contributed by atoms with van der Waals surface area (Å²) in [6, 6.07) is 5.82. The van der Waals surface area contributed by atoms with Crippen LogP contribution in [0, 0.1) is 5.82 Å². The average molecular weight is 337 g/mol. The minimum Gasteiger partial charge on any atom is -0.349 e. The number of carbonyl (C=O) groups is 1. The smallest absolute Gasteiger partial charge is 0.277 e. The Morgan fingerprint density at radius 3 is 2.50 bits per heavy atom. The Hall–Kier alpha value is -1.27. The van der Waals surface area contributed by atoms with Crippen LogP contribution in [0.3, 0.4) is 0 Å². The van der Waals surface area contributed by atoms with Crippen LogP contribution >= 0.6 is 12.4 Å². The number of carbonyl (C=O) groups excluding carboxylic acids is 1. The molecule has 0 atom stereocenters. The van der Waals surface area contributed by atoms with Crippen LogP contribution in [0.4, 0.5) is 13.2 Å². The molecule has 1 fully saturated rings. The molecule has 3 nitrogen and oxygen atoms in total. The highest BCUT2D eigenvalue weighted by Crippen LogP contribution is 2.41. The summed E-state index contributed by atoms with van der Waals surface area (Å²) in [5, 5.41) is 2.28. The molecule has 0 bridgehead atoms. The summed E-state index contributed by atoms with van der Waals surface area (Å²) in [6.07, 6.45) is 2.71. The Balaban J connectivity index is 0.00000242. The lowest BCUT2D eigenvalue weighted by atomic mass is 9.78. The molecular formula is C15H20ClF3N2O. The molecule has 0 heterocycles. The maximum atomic E-state index is 13.4. The highest BCUT2D eigenvalue weighted by atomic mass is 35.5. The largest absolute Gasteiger partial charge is 0.349 e. The highest BCUT2D eigenvalue weighted by Gasteiger charge is 2.43. The number of amides is 1. The third-order valence-corrected chi connectivity index (χ3v) is 4.08. The Bertz CT molecular complexity index is 519. The van der Waals surface area contributed by atoms with Crippen LogP contribution < -0.4 is 11.1 Å². The second-order valence-corrected chi connectivity index (χ2v) is 5.54. The molecule has 1 aliphatic carbocycles.